The van der Waals surface area contributed by atoms with E-state index in [1.165, 1.54) is 24.2 Å². The van der Waals surface area contributed by atoms with Crippen LogP contribution in [0, 0.1) is 17.8 Å². The molecule has 1 aromatic carbocycles. The molecule has 0 radical (unpaired) electrons. The molecule has 182 valence electrons. The fourth-order valence-electron chi connectivity index (χ4n) is 6.30. The number of rotatable bonds is 2. The molecule has 1 heterocycles. The lowest BCUT2D eigenvalue weighted by atomic mass is 9.59. The van der Waals surface area contributed by atoms with Gasteiger partial charge >= 0.3 is 0 Å². The number of imide groups is 1. The van der Waals surface area contributed by atoms with Crippen LogP contribution in [0.25, 0.3) is 0 Å². The number of Topliss-reactive ketones (excluding diaryl/α,β-unsaturated/α-hetero) is 1. The minimum absolute atomic E-state index is 0.0327. The van der Waals surface area contributed by atoms with Crippen LogP contribution in [0.15, 0.2) is 52.6 Å². The number of nitrogens with zero attached hydrogens (tertiary/aromatic N) is 1. The second-order valence-electron chi connectivity index (χ2n) is 10.8. The number of carbonyl (C=O) groups is 4. The molecular formula is C28H29NO6. The van der Waals surface area contributed by atoms with Gasteiger partial charge in [-0.15, -0.1) is 0 Å². The van der Waals surface area contributed by atoms with Crippen molar-refractivity contribution in [2.75, 3.05) is 7.11 Å². The molecule has 4 aliphatic rings. The van der Waals surface area contributed by atoms with Crippen LogP contribution in [0.3, 0.4) is 0 Å². The molecule has 2 amide bonds. The van der Waals surface area contributed by atoms with Crippen molar-refractivity contribution >= 4 is 23.4 Å². The third kappa shape index (κ3) is 3.32. The van der Waals surface area contributed by atoms with Gasteiger partial charge in [-0.05, 0) is 70.2 Å². The number of phenolic OH excluding ortho intramolecular Hbond substituents is 1. The van der Waals surface area contributed by atoms with Gasteiger partial charge in [0.25, 0.3) is 0 Å². The van der Waals surface area contributed by atoms with Crippen molar-refractivity contribution in [1.82, 2.24) is 4.90 Å². The van der Waals surface area contributed by atoms with E-state index in [1.54, 1.807) is 19.1 Å². The molecule has 1 saturated heterocycles. The molecule has 7 nitrogen and oxygen atoms in total. The van der Waals surface area contributed by atoms with Crippen molar-refractivity contribution in [3.05, 3.63) is 58.2 Å². The average molecular weight is 476 g/mol. The predicted molar refractivity (Wildman–Crippen MR) is 128 cm³/mol. The highest BCUT2D eigenvalue weighted by Crippen LogP contribution is 2.56. The summed E-state index contributed by atoms with van der Waals surface area (Å²) in [5.41, 5.74) is 2.14. The summed E-state index contributed by atoms with van der Waals surface area (Å²) in [5.74, 6) is -2.56. The zero-order chi connectivity index (χ0) is 25.4. The monoisotopic (exact) mass is 475 g/mol. The first kappa shape index (κ1) is 23.3. The van der Waals surface area contributed by atoms with Crippen LogP contribution in [-0.4, -0.2) is 46.0 Å². The molecule has 1 fully saturated rings. The van der Waals surface area contributed by atoms with Crippen molar-refractivity contribution in [2.24, 2.45) is 17.8 Å². The van der Waals surface area contributed by atoms with Crippen molar-refractivity contribution in [3.8, 4) is 11.5 Å². The molecule has 0 spiro atoms. The molecule has 3 aliphatic carbocycles. The van der Waals surface area contributed by atoms with Crippen LogP contribution in [0.4, 0.5) is 0 Å². The molecular weight excluding hydrogens is 446 g/mol. The highest BCUT2D eigenvalue weighted by atomic mass is 16.5. The number of ether oxygens (including phenoxy) is 1. The van der Waals surface area contributed by atoms with Crippen LogP contribution in [0.1, 0.15) is 52.0 Å². The number of hydrogen-bond donors (Lipinski definition) is 1. The van der Waals surface area contributed by atoms with Gasteiger partial charge in [-0.2, -0.15) is 0 Å². The number of benzene rings is 1. The normalized spacial score (nSPS) is 28.4. The van der Waals surface area contributed by atoms with E-state index in [-0.39, 0.29) is 47.2 Å². The van der Waals surface area contributed by atoms with Crippen molar-refractivity contribution in [2.45, 2.75) is 52.0 Å². The SMILES string of the molecule is COc1cc(C2C3=CCC4C(=O)N(C(C)(C)C)C(=O)C4C3CC3=C2C(=O)C=C(C)C3=O)ccc1O. The van der Waals surface area contributed by atoms with Crippen LogP contribution >= 0.6 is 0 Å². The summed E-state index contributed by atoms with van der Waals surface area (Å²) in [6.07, 6.45) is 4.02. The average Bonchev–Trinajstić information content (AvgIpc) is 3.06. The third-order valence-corrected chi connectivity index (χ3v) is 7.77. The summed E-state index contributed by atoms with van der Waals surface area (Å²) >= 11 is 0. The van der Waals surface area contributed by atoms with Crippen molar-refractivity contribution < 1.29 is 29.0 Å². The largest absolute Gasteiger partial charge is 0.504 e. The molecule has 1 aliphatic heterocycles. The minimum Gasteiger partial charge on any atom is -0.504 e. The summed E-state index contributed by atoms with van der Waals surface area (Å²) in [6, 6.07) is 4.90. The van der Waals surface area contributed by atoms with Gasteiger partial charge < -0.3 is 9.84 Å². The highest BCUT2D eigenvalue weighted by Gasteiger charge is 2.58. The molecule has 1 N–H and O–H groups in total. The Balaban J connectivity index is 1.69. The molecule has 35 heavy (non-hydrogen) atoms. The van der Waals surface area contributed by atoms with E-state index < -0.39 is 23.3 Å². The molecule has 1 aromatic rings. The molecule has 7 heteroatoms. The van der Waals surface area contributed by atoms with Gasteiger partial charge in [0.2, 0.25) is 11.8 Å². The van der Waals surface area contributed by atoms with Gasteiger partial charge in [0.1, 0.15) is 0 Å². The van der Waals surface area contributed by atoms with Gasteiger partial charge in [0.15, 0.2) is 23.1 Å². The van der Waals surface area contributed by atoms with Gasteiger partial charge in [-0.25, -0.2) is 0 Å². The Kier molecular flexibility index (Phi) is 5.16. The summed E-state index contributed by atoms with van der Waals surface area (Å²) in [4.78, 5) is 54.9. The maximum atomic E-state index is 13.7. The standard InChI is InChI=1S/C28H29NO6/c1-13-10-20(31)24-18(25(13)32)12-17-15(22(24)14-6-9-19(30)21(11-14)35-5)7-8-16-23(17)27(34)29(26(16)33)28(2,3)4/h6-7,9-11,16-17,22-23,30H,8,12H2,1-5H3. The summed E-state index contributed by atoms with van der Waals surface area (Å²) in [6.45, 7) is 7.17. The zero-order valence-corrected chi connectivity index (χ0v) is 20.5. The number of methoxy groups -OCH3 is 1. The molecule has 5 rings (SSSR count). The van der Waals surface area contributed by atoms with Gasteiger partial charge in [0.05, 0.1) is 18.9 Å². The summed E-state index contributed by atoms with van der Waals surface area (Å²) in [7, 11) is 1.45. The highest BCUT2D eigenvalue weighted by molar-refractivity contribution is 6.23. The third-order valence-electron chi connectivity index (χ3n) is 7.77. The number of aromatic hydroxyl groups is 1. The van der Waals surface area contributed by atoms with E-state index in [0.717, 1.165) is 5.57 Å². The Bertz CT molecular complexity index is 1290. The zero-order valence-electron chi connectivity index (χ0n) is 20.5. The maximum Gasteiger partial charge on any atom is 0.234 e. The lowest BCUT2D eigenvalue weighted by Crippen LogP contribution is -2.46. The van der Waals surface area contributed by atoms with Crippen LogP contribution in [0.2, 0.25) is 0 Å². The number of hydrogen-bond acceptors (Lipinski definition) is 6. The second-order valence-corrected chi connectivity index (χ2v) is 10.8. The van der Waals surface area contributed by atoms with Crippen molar-refractivity contribution in [1.29, 1.82) is 0 Å². The summed E-state index contributed by atoms with van der Waals surface area (Å²) in [5, 5.41) is 10.1. The minimum atomic E-state index is -0.648. The van der Waals surface area contributed by atoms with E-state index in [0.29, 0.717) is 28.7 Å². The van der Waals surface area contributed by atoms with Gasteiger partial charge in [0, 0.05) is 28.2 Å². The van der Waals surface area contributed by atoms with Gasteiger partial charge in [-0.1, -0.05) is 17.7 Å². The number of fused-ring (bicyclic) bond motifs is 3. The molecule has 0 aromatic heterocycles. The first-order valence-electron chi connectivity index (χ1n) is 11.9. The first-order valence-corrected chi connectivity index (χ1v) is 11.9. The lowest BCUT2D eigenvalue weighted by Gasteiger charge is -2.42. The molecule has 0 bridgehead atoms. The number of phenols is 1. The fourth-order valence-corrected chi connectivity index (χ4v) is 6.30. The Morgan fingerprint density at radius 2 is 1.77 bits per heavy atom. The van der Waals surface area contributed by atoms with Crippen LogP contribution < -0.4 is 4.74 Å². The Morgan fingerprint density at radius 3 is 2.43 bits per heavy atom. The van der Waals surface area contributed by atoms with Crippen LogP contribution in [-0.2, 0) is 19.2 Å². The maximum absolute atomic E-state index is 13.7. The van der Waals surface area contributed by atoms with E-state index in [9.17, 15) is 24.3 Å². The molecule has 4 atom stereocenters. The number of amides is 2. The fraction of sp³-hybridized carbons (Fsp3) is 0.429. The summed E-state index contributed by atoms with van der Waals surface area (Å²) < 4.78 is 5.31. The molecule has 0 saturated carbocycles. The second kappa shape index (κ2) is 7.77. The van der Waals surface area contributed by atoms with E-state index in [2.05, 4.69) is 0 Å². The number of likely N-dealkylation sites (tertiary alicyclic amines) is 1. The Morgan fingerprint density at radius 1 is 1.06 bits per heavy atom. The van der Waals surface area contributed by atoms with E-state index in [4.69, 9.17) is 4.74 Å². The van der Waals surface area contributed by atoms with E-state index in [1.807, 2.05) is 26.8 Å². The number of carbonyl (C=O) groups excluding carboxylic acids is 4. The lowest BCUT2D eigenvalue weighted by molar-refractivity contribution is -0.145. The topological polar surface area (TPSA) is 101 Å². The van der Waals surface area contributed by atoms with Gasteiger partial charge in [-0.3, -0.25) is 24.1 Å². The predicted octanol–water partition coefficient (Wildman–Crippen LogP) is 3.63. The Labute approximate surface area is 204 Å². The molecule has 4 unspecified atom stereocenters. The Hall–Kier alpha value is -3.48. The quantitative estimate of drug-likeness (QED) is 0.398. The smallest absolute Gasteiger partial charge is 0.234 e. The first-order chi connectivity index (χ1) is 16.5. The van der Waals surface area contributed by atoms with Crippen molar-refractivity contribution in [3.63, 3.8) is 0 Å². The van der Waals surface area contributed by atoms with E-state index >= 15 is 0 Å². The van der Waals surface area contributed by atoms with Crippen LogP contribution in [0.5, 0.6) is 11.5 Å². The number of allylic oxidation sites excluding steroid dienone is 6. The number of ketones is 2.